The Bertz CT molecular complexity index is 1110. The van der Waals surface area contributed by atoms with Crippen LogP contribution in [-0.2, 0) is 0 Å². The van der Waals surface area contributed by atoms with Crippen molar-refractivity contribution in [2.75, 3.05) is 6.79 Å². The van der Waals surface area contributed by atoms with Gasteiger partial charge in [0.1, 0.15) is 0 Å². The molecular weight excluding hydrogens is 326 g/mol. The van der Waals surface area contributed by atoms with Crippen molar-refractivity contribution in [2.45, 2.75) is 0 Å². The fraction of sp³-hybridized carbons (Fsp3) is 0.0455. The minimum absolute atomic E-state index is 0.0243. The summed E-state index contributed by atoms with van der Waals surface area (Å²) in [5.41, 5.74) is 4.15. The van der Waals surface area contributed by atoms with Crippen LogP contribution < -0.4 is 9.47 Å². The lowest BCUT2D eigenvalue weighted by Gasteiger charge is -2.06. The van der Waals surface area contributed by atoms with Gasteiger partial charge in [0.2, 0.25) is 12.6 Å². The lowest BCUT2D eigenvalue weighted by Crippen LogP contribution is -2.01. The maximum atomic E-state index is 12.9. The van der Waals surface area contributed by atoms with Crippen LogP contribution in [0.2, 0.25) is 0 Å². The van der Waals surface area contributed by atoms with E-state index in [4.69, 9.17) is 9.47 Å². The molecule has 1 N–H and O–H groups in total. The SMILES string of the molecule is O=C(c1cccc(-c2ccc3c(c2)OCO3)c1)c1cc2ccccc2[nH]1. The van der Waals surface area contributed by atoms with E-state index in [9.17, 15) is 4.79 Å². The van der Waals surface area contributed by atoms with E-state index in [0.717, 1.165) is 33.5 Å². The molecule has 0 bridgehead atoms. The number of aromatic amines is 1. The summed E-state index contributed by atoms with van der Waals surface area (Å²) in [4.78, 5) is 16.1. The highest BCUT2D eigenvalue weighted by Crippen LogP contribution is 2.36. The Morgan fingerprint density at radius 3 is 2.58 bits per heavy atom. The number of carbonyl (C=O) groups excluding carboxylic acids is 1. The van der Waals surface area contributed by atoms with Gasteiger partial charge in [0.15, 0.2) is 11.5 Å². The summed E-state index contributed by atoms with van der Waals surface area (Å²) >= 11 is 0. The van der Waals surface area contributed by atoms with Gasteiger partial charge in [0, 0.05) is 16.5 Å². The normalized spacial score (nSPS) is 12.5. The Labute approximate surface area is 150 Å². The van der Waals surface area contributed by atoms with Crippen LogP contribution in [0.1, 0.15) is 16.1 Å². The number of ketones is 1. The average Bonchev–Trinajstić information content (AvgIpc) is 3.33. The average molecular weight is 341 g/mol. The van der Waals surface area contributed by atoms with Crippen molar-refractivity contribution in [3.05, 3.63) is 84.1 Å². The minimum atomic E-state index is -0.0243. The fourth-order valence-corrected chi connectivity index (χ4v) is 3.27. The molecule has 2 heterocycles. The number of ether oxygens (including phenoxy) is 2. The van der Waals surface area contributed by atoms with Crippen molar-refractivity contribution in [3.63, 3.8) is 0 Å². The predicted molar refractivity (Wildman–Crippen MR) is 99.7 cm³/mol. The van der Waals surface area contributed by atoms with Crippen molar-refractivity contribution in [2.24, 2.45) is 0 Å². The van der Waals surface area contributed by atoms with Crippen molar-refractivity contribution in [3.8, 4) is 22.6 Å². The Morgan fingerprint density at radius 2 is 1.65 bits per heavy atom. The number of carbonyl (C=O) groups is 1. The molecule has 1 aliphatic rings. The van der Waals surface area contributed by atoms with Crippen LogP contribution in [0.3, 0.4) is 0 Å². The summed E-state index contributed by atoms with van der Waals surface area (Å²) in [6.45, 7) is 0.248. The Hall–Kier alpha value is -3.53. The van der Waals surface area contributed by atoms with Crippen LogP contribution in [0.4, 0.5) is 0 Å². The van der Waals surface area contributed by atoms with Gasteiger partial charge in [-0.15, -0.1) is 0 Å². The summed E-state index contributed by atoms with van der Waals surface area (Å²) in [5, 5.41) is 1.03. The molecule has 3 aromatic carbocycles. The van der Waals surface area contributed by atoms with Crippen LogP contribution in [-0.4, -0.2) is 17.6 Å². The fourth-order valence-electron chi connectivity index (χ4n) is 3.27. The highest BCUT2D eigenvalue weighted by Gasteiger charge is 2.16. The maximum absolute atomic E-state index is 12.9. The van der Waals surface area contributed by atoms with Crippen LogP contribution in [0.25, 0.3) is 22.0 Å². The molecule has 5 rings (SSSR count). The molecule has 0 amide bonds. The van der Waals surface area contributed by atoms with Gasteiger partial charge in [0.25, 0.3) is 0 Å². The van der Waals surface area contributed by atoms with Gasteiger partial charge in [-0.05, 0) is 41.5 Å². The number of aromatic nitrogens is 1. The molecule has 0 unspecified atom stereocenters. The highest BCUT2D eigenvalue weighted by molar-refractivity contribution is 6.10. The molecule has 0 radical (unpaired) electrons. The minimum Gasteiger partial charge on any atom is -0.454 e. The molecule has 4 heteroatoms. The van der Waals surface area contributed by atoms with E-state index in [0.29, 0.717) is 11.3 Å². The van der Waals surface area contributed by atoms with Crippen LogP contribution in [0, 0.1) is 0 Å². The Balaban J connectivity index is 1.52. The van der Waals surface area contributed by atoms with E-state index < -0.39 is 0 Å². The first kappa shape index (κ1) is 14.8. The number of nitrogens with one attached hydrogen (secondary N) is 1. The second-order valence-electron chi connectivity index (χ2n) is 6.25. The molecule has 0 atom stereocenters. The van der Waals surface area contributed by atoms with Gasteiger partial charge in [0.05, 0.1) is 5.69 Å². The molecule has 0 saturated heterocycles. The van der Waals surface area contributed by atoms with Crippen LogP contribution >= 0.6 is 0 Å². The second kappa shape index (κ2) is 5.77. The summed E-state index contributed by atoms with van der Waals surface area (Å²) < 4.78 is 10.8. The number of benzene rings is 3. The third kappa shape index (κ3) is 2.43. The first-order valence-corrected chi connectivity index (χ1v) is 8.40. The van der Waals surface area contributed by atoms with Gasteiger partial charge >= 0.3 is 0 Å². The first-order valence-electron chi connectivity index (χ1n) is 8.40. The summed E-state index contributed by atoms with van der Waals surface area (Å²) in [5.74, 6) is 1.46. The van der Waals surface area contributed by atoms with Gasteiger partial charge < -0.3 is 14.5 Å². The molecule has 126 valence electrons. The molecule has 0 saturated carbocycles. The van der Waals surface area contributed by atoms with Crippen molar-refractivity contribution in [1.29, 1.82) is 0 Å². The van der Waals surface area contributed by atoms with Crippen molar-refractivity contribution >= 4 is 16.7 Å². The smallest absolute Gasteiger partial charge is 0.231 e. The zero-order valence-corrected chi connectivity index (χ0v) is 13.9. The third-order valence-electron chi connectivity index (χ3n) is 4.61. The second-order valence-corrected chi connectivity index (χ2v) is 6.25. The molecular formula is C22H15NO3. The lowest BCUT2D eigenvalue weighted by atomic mass is 10.00. The zero-order chi connectivity index (χ0) is 17.5. The Morgan fingerprint density at radius 1 is 0.808 bits per heavy atom. The molecule has 0 spiro atoms. The number of hydrogen-bond donors (Lipinski definition) is 1. The van der Waals surface area contributed by atoms with Gasteiger partial charge in [-0.1, -0.05) is 42.5 Å². The molecule has 26 heavy (non-hydrogen) atoms. The third-order valence-corrected chi connectivity index (χ3v) is 4.61. The molecule has 1 aromatic heterocycles. The topological polar surface area (TPSA) is 51.3 Å². The first-order chi connectivity index (χ1) is 12.8. The maximum Gasteiger partial charge on any atom is 0.231 e. The monoisotopic (exact) mass is 341 g/mol. The lowest BCUT2D eigenvalue weighted by molar-refractivity contribution is 0.103. The van der Waals surface area contributed by atoms with Gasteiger partial charge in [-0.2, -0.15) is 0 Å². The summed E-state index contributed by atoms with van der Waals surface area (Å²) in [7, 11) is 0. The quantitative estimate of drug-likeness (QED) is 0.545. The zero-order valence-electron chi connectivity index (χ0n) is 13.9. The van der Waals surface area contributed by atoms with E-state index in [1.54, 1.807) is 0 Å². The Kier molecular flexibility index (Phi) is 3.28. The van der Waals surface area contributed by atoms with E-state index in [-0.39, 0.29) is 12.6 Å². The highest BCUT2D eigenvalue weighted by atomic mass is 16.7. The molecule has 1 aliphatic heterocycles. The summed E-state index contributed by atoms with van der Waals surface area (Å²) in [6, 6.07) is 23.2. The van der Waals surface area contributed by atoms with E-state index >= 15 is 0 Å². The number of hydrogen-bond acceptors (Lipinski definition) is 3. The van der Waals surface area contributed by atoms with Crippen LogP contribution in [0.15, 0.2) is 72.8 Å². The van der Waals surface area contributed by atoms with Crippen LogP contribution in [0.5, 0.6) is 11.5 Å². The van der Waals surface area contributed by atoms with Gasteiger partial charge in [-0.25, -0.2) is 0 Å². The van der Waals surface area contributed by atoms with Crippen molar-refractivity contribution < 1.29 is 14.3 Å². The number of para-hydroxylation sites is 1. The largest absolute Gasteiger partial charge is 0.454 e. The number of fused-ring (bicyclic) bond motifs is 2. The summed E-state index contributed by atoms with van der Waals surface area (Å²) in [6.07, 6.45) is 0. The standard InChI is InChI=1S/C22H15NO3/c24-22(19-11-16-4-1-2-7-18(16)23-19)17-6-3-5-14(10-17)15-8-9-20-21(12-15)26-13-25-20/h1-12,23H,13H2. The van der Waals surface area contributed by atoms with E-state index in [1.807, 2.05) is 72.8 Å². The van der Waals surface area contributed by atoms with E-state index in [2.05, 4.69) is 4.98 Å². The molecule has 4 nitrogen and oxygen atoms in total. The van der Waals surface area contributed by atoms with Gasteiger partial charge in [-0.3, -0.25) is 4.79 Å². The molecule has 0 fully saturated rings. The van der Waals surface area contributed by atoms with E-state index in [1.165, 1.54) is 0 Å². The number of rotatable bonds is 3. The van der Waals surface area contributed by atoms with Crippen molar-refractivity contribution in [1.82, 2.24) is 4.98 Å². The molecule has 4 aromatic rings. The predicted octanol–water partition coefficient (Wildman–Crippen LogP) is 4.79. The number of H-pyrrole nitrogens is 1. The molecule has 0 aliphatic carbocycles.